The van der Waals surface area contributed by atoms with Crippen molar-refractivity contribution in [1.82, 2.24) is 4.98 Å². The molecular formula is C16H10BrClN2O2. The van der Waals surface area contributed by atoms with E-state index in [9.17, 15) is 9.59 Å². The number of fused-ring (bicyclic) bond motifs is 1. The summed E-state index contributed by atoms with van der Waals surface area (Å²) in [7, 11) is 0. The van der Waals surface area contributed by atoms with E-state index in [-0.39, 0.29) is 11.0 Å². The lowest BCUT2D eigenvalue weighted by Crippen LogP contribution is -2.21. The highest BCUT2D eigenvalue weighted by Gasteiger charge is 2.13. The number of nitrogens with one attached hydrogen (secondary N) is 2. The molecule has 0 radical (unpaired) electrons. The maximum atomic E-state index is 12.4. The van der Waals surface area contributed by atoms with Crippen LogP contribution in [0.15, 0.2) is 57.9 Å². The molecule has 0 spiro atoms. The van der Waals surface area contributed by atoms with Crippen LogP contribution in [-0.4, -0.2) is 10.9 Å². The number of benzene rings is 2. The van der Waals surface area contributed by atoms with Gasteiger partial charge >= 0.3 is 0 Å². The molecule has 1 heterocycles. The van der Waals surface area contributed by atoms with E-state index in [0.717, 1.165) is 4.47 Å². The van der Waals surface area contributed by atoms with Gasteiger partial charge in [0.05, 0.1) is 5.52 Å². The molecule has 2 aromatic carbocycles. The maximum Gasteiger partial charge on any atom is 0.261 e. The van der Waals surface area contributed by atoms with E-state index in [2.05, 4.69) is 26.2 Å². The Hall–Kier alpha value is -2.11. The summed E-state index contributed by atoms with van der Waals surface area (Å²) in [5, 5.41) is 3.64. The summed E-state index contributed by atoms with van der Waals surface area (Å²) < 4.78 is 0.908. The van der Waals surface area contributed by atoms with Crippen LogP contribution < -0.4 is 10.7 Å². The number of carbonyl (C=O) groups is 1. The molecule has 1 aromatic heterocycles. The van der Waals surface area contributed by atoms with Crippen molar-refractivity contribution in [2.45, 2.75) is 0 Å². The van der Waals surface area contributed by atoms with Gasteiger partial charge in [0, 0.05) is 26.8 Å². The Kier molecular flexibility index (Phi) is 4.00. The molecule has 3 aromatic rings. The van der Waals surface area contributed by atoms with Crippen LogP contribution in [0.1, 0.15) is 10.4 Å². The molecule has 0 saturated carbocycles. The van der Waals surface area contributed by atoms with Gasteiger partial charge in [-0.1, -0.05) is 27.5 Å². The van der Waals surface area contributed by atoms with E-state index >= 15 is 0 Å². The molecule has 1 amide bonds. The van der Waals surface area contributed by atoms with Crippen LogP contribution >= 0.6 is 27.5 Å². The van der Waals surface area contributed by atoms with Crippen LogP contribution in [0, 0.1) is 0 Å². The first-order valence-electron chi connectivity index (χ1n) is 6.42. The summed E-state index contributed by atoms with van der Waals surface area (Å²) in [4.78, 5) is 27.6. The zero-order chi connectivity index (χ0) is 15.7. The topological polar surface area (TPSA) is 62.0 Å². The third-order valence-corrected chi connectivity index (χ3v) is 3.95. The minimum atomic E-state index is -0.458. The third-order valence-electron chi connectivity index (χ3n) is 3.19. The number of halogens is 2. The number of hydrogen-bond donors (Lipinski definition) is 2. The van der Waals surface area contributed by atoms with Gasteiger partial charge in [0.25, 0.3) is 5.91 Å². The van der Waals surface area contributed by atoms with Gasteiger partial charge < -0.3 is 10.3 Å². The molecule has 6 heteroatoms. The Balaban J connectivity index is 1.97. The van der Waals surface area contributed by atoms with Crippen molar-refractivity contribution in [3.8, 4) is 0 Å². The maximum absolute atomic E-state index is 12.4. The second-order valence-corrected chi connectivity index (χ2v) is 6.03. The van der Waals surface area contributed by atoms with Crippen molar-refractivity contribution in [1.29, 1.82) is 0 Å². The fourth-order valence-electron chi connectivity index (χ4n) is 2.09. The minimum Gasteiger partial charge on any atom is -0.360 e. The molecule has 22 heavy (non-hydrogen) atoms. The molecule has 0 aliphatic carbocycles. The average molecular weight is 378 g/mol. The average Bonchev–Trinajstić information content (AvgIpc) is 2.49. The number of amides is 1. The number of carbonyl (C=O) groups excluding carboxylic acids is 1. The predicted octanol–water partition coefficient (Wildman–Crippen LogP) is 4.20. The number of hydrogen-bond acceptors (Lipinski definition) is 2. The molecule has 0 atom stereocenters. The number of rotatable bonds is 2. The van der Waals surface area contributed by atoms with Crippen LogP contribution in [0.5, 0.6) is 0 Å². The number of H-pyrrole nitrogens is 1. The zero-order valence-corrected chi connectivity index (χ0v) is 13.5. The van der Waals surface area contributed by atoms with Crippen LogP contribution in [0.4, 0.5) is 5.69 Å². The molecule has 2 N–H and O–H groups in total. The Morgan fingerprint density at radius 3 is 2.59 bits per heavy atom. The van der Waals surface area contributed by atoms with Gasteiger partial charge in [-0.15, -0.1) is 0 Å². The van der Waals surface area contributed by atoms with Gasteiger partial charge in [0.15, 0.2) is 0 Å². The summed E-state index contributed by atoms with van der Waals surface area (Å²) in [5.41, 5.74) is 0.930. The van der Waals surface area contributed by atoms with E-state index < -0.39 is 5.91 Å². The van der Waals surface area contributed by atoms with Crippen molar-refractivity contribution >= 4 is 50.0 Å². The molecule has 0 aliphatic heterocycles. The van der Waals surface area contributed by atoms with E-state index in [1.165, 1.54) is 6.20 Å². The summed E-state index contributed by atoms with van der Waals surface area (Å²) in [6.45, 7) is 0. The van der Waals surface area contributed by atoms with Crippen LogP contribution in [-0.2, 0) is 0 Å². The summed E-state index contributed by atoms with van der Waals surface area (Å²) in [5.74, 6) is -0.458. The number of anilines is 1. The van der Waals surface area contributed by atoms with Gasteiger partial charge in [0.2, 0.25) is 5.43 Å². The first kappa shape index (κ1) is 14.8. The fraction of sp³-hybridized carbons (Fsp3) is 0. The lowest BCUT2D eigenvalue weighted by Gasteiger charge is -2.06. The van der Waals surface area contributed by atoms with Crippen molar-refractivity contribution in [2.75, 3.05) is 5.32 Å². The van der Waals surface area contributed by atoms with Crippen LogP contribution in [0.3, 0.4) is 0 Å². The Bertz CT molecular complexity index is 920. The van der Waals surface area contributed by atoms with Gasteiger partial charge in [0.1, 0.15) is 5.56 Å². The molecule has 4 nitrogen and oxygen atoms in total. The highest BCUT2D eigenvalue weighted by molar-refractivity contribution is 9.10. The number of aromatic amines is 1. The van der Waals surface area contributed by atoms with E-state index in [0.29, 0.717) is 21.6 Å². The summed E-state index contributed by atoms with van der Waals surface area (Å²) in [6.07, 6.45) is 1.40. The first-order chi connectivity index (χ1) is 10.5. The van der Waals surface area contributed by atoms with Gasteiger partial charge in [-0.3, -0.25) is 9.59 Å². The quantitative estimate of drug-likeness (QED) is 0.703. The zero-order valence-electron chi connectivity index (χ0n) is 11.2. The van der Waals surface area contributed by atoms with Gasteiger partial charge in [-0.25, -0.2) is 0 Å². The largest absolute Gasteiger partial charge is 0.360 e. The highest BCUT2D eigenvalue weighted by atomic mass is 79.9. The molecule has 0 bridgehead atoms. The highest BCUT2D eigenvalue weighted by Crippen LogP contribution is 2.17. The second kappa shape index (κ2) is 5.94. The number of aromatic nitrogens is 1. The lowest BCUT2D eigenvalue weighted by atomic mass is 10.1. The van der Waals surface area contributed by atoms with E-state index in [1.807, 2.05) is 12.1 Å². The van der Waals surface area contributed by atoms with E-state index in [1.54, 1.807) is 30.3 Å². The normalized spacial score (nSPS) is 10.6. The summed E-state index contributed by atoms with van der Waals surface area (Å²) >= 11 is 9.21. The SMILES string of the molecule is O=C(Nc1ccc(Br)cc1)c1c[nH]c2cc(Cl)ccc2c1=O. The van der Waals surface area contributed by atoms with Crippen molar-refractivity contribution in [3.63, 3.8) is 0 Å². The smallest absolute Gasteiger partial charge is 0.261 e. The number of pyridine rings is 1. The van der Waals surface area contributed by atoms with E-state index in [4.69, 9.17) is 11.6 Å². The Labute approximate surface area is 139 Å². The molecule has 110 valence electrons. The first-order valence-corrected chi connectivity index (χ1v) is 7.59. The third kappa shape index (κ3) is 2.91. The molecule has 0 fully saturated rings. The predicted molar refractivity (Wildman–Crippen MR) is 91.7 cm³/mol. The molecule has 0 unspecified atom stereocenters. The Morgan fingerprint density at radius 2 is 1.86 bits per heavy atom. The molecule has 3 rings (SSSR count). The second-order valence-electron chi connectivity index (χ2n) is 4.68. The van der Waals surface area contributed by atoms with Gasteiger partial charge in [-0.05, 0) is 42.5 Å². The Morgan fingerprint density at radius 1 is 1.14 bits per heavy atom. The van der Waals surface area contributed by atoms with Crippen molar-refractivity contribution < 1.29 is 4.79 Å². The van der Waals surface area contributed by atoms with Crippen LogP contribution in [0.25, 0.3) is 10.9 Å². The molecule has 0 aliphatic rings. The fourth-order valence-corrected chi connectivity index (χ4v) is 2.53. The molecule has 0 saturated heterocycles. The van der Waals surface area contributed by atoms with Crippen molar-refractivity contribution in [2.24, 2.45) is 0 Å². The van der Waals surface area contributed by atoms with Crippen LogP contribution in [0.2, 0.25) is 5.02 Å². The molecular weight excluding hydrogens is 368 g/mol. The van der Waals surface area contributed by atoms with Crippen molar-refractivity contribution in [3.05, 3.63) is 73.9 Å². The minimum absolute atomic E-state index is 0.0535. The monoisotopic (exact) mass is 376 g/mol. The standard InChI is InChI=1S/C16H10BrClN2O2/c17-9-1-4-11(5-2-9)20-16(22)13-8-19-14-7-10(18)3-6-12(14)15(13)21/h1-8H,(H,19,21)(H,20,22). The lowest BCUT2D eigenvalue weighted by molar-refractivity contribution is 0.102. The summed E-state index contributed by atoms with van der Waals surface area (Å²) in [6, 6.07) is 12.0. The van der Waals surface area contributed by atoms with Gasteiger partial charge in [-0.2, -0.15) is 0 Å².